The van der Waals surface area contributed by atoms with Crippen molar-refractivity contribution in [2.45, 2.75) is 39.0 Å². The number of ether oxygens (including phenoxy) is 2. The molecule has 0 aliphatic rings. The molecule has 2 aromatic rings. The SMILES string of the molecule is Cc1cc(Cl)ccc1OCC(=O)NNC(=S)NC(=O)CCCC(=O)OCCCc1ccccc1. The van der Waals surface area contributed by atoms with E-state index in [0.717, 1.165) is 18.4 Å². The lowest BCUT2D eigenvalue weighted by Gasteiger charge is -2.12. The normalized spacial score (nSPS) is 10.2. The average Bonchev–Trinajstić information content (AvgIpc) is 2.80. The molecule has 2 amide bonds. The second-order valence-corrected chi connectivity index (χ2v) is 8.26. The Morgan fingerprint density at radius 1 is 0.971 bits per heavy atom. The molecule has 0 saturated heterocycles. The van der Waals surface area contributed by atoms with Crippen molar-refractivity contribution in [3.05, 3.63) is 64.7 Å². The van der Waals surface area contributed by atoms with E-state index in [1.165, 1.54) is 5.56 Å². The molecule has 0 saturated carbocycles. The summed E-state index contributed by atoms with van der Waals surface area (Å²) >= 11 is 10.9. The van der Waals surface area contributed by atoms with Gasteiger partial charge in [0.25, 0.3) is 5.91 Å². The molecule has 0 unspecified atom stereocenters. The van der Waals surface area contributed by atoms with E-state index in [-0.39, 0.29) is 36.4 Å². The summed E-state index contributed by atoms with van der Waals surface area (Å²) in [6, 6.07) is 15.0. The maximum Gasteiger partial charge on any atom is 0.305 e. The van der Waals surface area contributed by atoms with Gasteiger partial charge in [0.05, 0.1) is 6.61 Å². The number of hydrazine groups is 1. The first-order chi connectivity index (χ1) is 16.3. The lowest BCUT2D eigenvalue weighted by Crippen LogP contribution is -2.49. The maximum atomic E-state index is 11.9. The van der Waals surface area contributed by atoms with E-state index in [4.69, 9.17) is 33.3 Å². The quantitative estimate of drug-likeness (QED) is 0.186. The number of carbonyl (C=O) groups excluding carboxylic acids is 3. The molecule has 182 valence electrons. The zero-order chi connectivity index (χ0) is 24.8. The van der Waals surface area contributed by atoms with Crippen LogP contribution in [0, 0.1) is 6.92 Å². The Bertz CT molecular complexity index is 988. The van der Waals surface area contributed by atoms with Gasteiger partial charge in [0.1, 0.15) is 5.75 Å². The van der Waals surface area contributed by atoms with E-state index in [1.54, 1.807) is 18.2 Å². The number of amides is 2. The predicted molar refractivity (Wildman–Crippen MR) is 133 cm³/mol. The van der Waals surface area contributed by atoms with Gasteiger partial charge in [0, 0.05) is 17.9 Å². The molecule has 0 radical (unpaired) electrons. The van der Waals surface area contributed by atoms with E-state index in [1.807, 2.05) is 37.3 Å². The molecular formula is C24H28ClN3O5S. The summed E-state index contributed by atoms with van der Waals surface area (Å²) in [5.41, 5.74) is 6.75. The monoisotopic (exact) mass is 505 g/mol. The maximum absolute atomic E-state index is 11.9. The number of carbonyl (C=O) groups is 3. The third kappa shape index (κ3) is 11.1. The molecule has 0 fully saturated rings. The minimum Gasteiger partial charge on any atom is -0.483 e. The van der Waals surface area contributed by atoms with Gasteiger partial charge in [-0.25, -0.2) is 0 Å². The Morgan fingerprint density at radius 2 is 1.74 bits per heavy atom. The second kappa shape index (κ2) is 14.9. The summed E-state index contributed by atoms with van der Waals surface area (Å²) in [4.78, 5) is 35.6. The van der Waals surface area contributed by atoms with Crippen LogP contribution in [-0.4, -0.2) is 36.1 Å². The van der Waals surface area contributed by atoms with Gasteiger partial charge < -0.3 is 14.8 Å². The van der Waals surface area contributed by atoms with Gasteiger partial charge in [-0.3, -0.25) is 25.2 Å². The van der Waals surface area contributed by atoms with E-state index in [2.05, 4.69) is 16.2 Å². The van der Waals surface area contributed by atoms with Crippen molar-refractivity contribution in [2.24, 2.45) is 0 Å². The molecule has 34 heavy (non-hydrogen) atoms. The molecule has 2 rings (SSSR count). The molecule has 0 heterocycles. The molecule has 0 aromatic heterocycles. The van der Waals surface area contributed by atoms with E-state index >= 15 is 0 Å². The highest BCUT2D eigenvalue weighted by atomic mass is 35.5. The number of hydrogen-bond donors (Lipinski definition) is 3. The molecule has 0 spiro atoms. The molecule has 0 aliphatic carbocycles. The summed E-state index contributed by atoms with van der Waals surface area (Å²) in [6.45, 7) is 1.90. The highest BCUT2D eigenvalue weighted by Gasteiger charge is 2.10. The first-order valence-corrected chi connectivity index (χ1v) is 11.6. The van der Waals surface area contributed by atoms with Crippen LogP contribution in [0.2, 0.25) is 5.02 Å². The second-order valence-electron chi connectivity index (χ2n) is 7.41. The fourth-order valence-corrected chi connectivity index (χ4v) is 3.26. The highest BCUT2D eigenvalue weighted by molar-refractivity contribution is 7.80. The van der Waals surface area contributed by atoms with Crippen molar-refractivity contribution in [2.75, 3.05) is 13.2 Å². The predicted octanol–water partition coefficient (Wildman–Crippen LogP) is 3.40. The van der Waals surface area contributed by atoms with Crippen LogP contribution in [0.25, 0.3) is 0 Å². The van der Waals surface area contributed by atoms with E-state index < -0.39 is 5.91 Å². The van der Waals surface area contributed by atoms with Crippen LogP contribution < -0.4 is 20.9 Å². The summed E-state index contributed by atoms with van der Waals surface area (Å²) in [5.74, 6) is -0.674. The highest BCUT2D eigenvalue weighted by Crippen LogP contribution is 2.21. The number of rotatable bonds is 11. The Balaban J connectivity index is 1.51. The zero-order valence-electron chi connectivity index (χ0n) is 18.9. The van der Waals surface area contributed by atoms with Crippen molar-refractivity contribution >= 4 is 46.7 Å². The Kier molecular flexibility index (Phi) is 11.8. The van der Waals surface area contributed by atoms with Gasteiger partial charge in [-0.05, 0) is 67.7 Å². The molecule has 0 atom stereocenters. The number of aryl methyl sites for hydroxylation is 2. The Morgan fingerprint density at radius 3 is 2.47 bits per heavy atom. The van der Waals surface area contributed by atoms with Gasteiger partial charge in [0.15, 0.2) is 11.7 Å². The summed E-state index contributed by atoms with van der Waals surface area (Å²) in [7, 11) is 0. The van der Waals surface area contributed by atoms with Crippen LogP contribution in [0.5, 0.6) is 5.75 Å². The average molecular weight is 506 g/mol. The molecule has 0 aliphatic heterocycles. The minimum atomic E-state index is -0.485. The first-order valence-electron chi connectivity index (χ1n) is 10.8. The summed E-state index contributed by atoms with van der Waals surface area (Å²) in [5, 5.41) is 2.94. The van der Waals surface area contributed by atoms with Crippen molar-refractivity contribution in [3.63, 3.8) is 0 Å². The molecule has 0 bridgehead atoms. The lowest BCUT2D eigenvalue weighted by atomic mass is 10.1. The standard InChI is InChI=1S/C24H28ClN3O5S/c1-17-15-19(25)12-13-20(17)33-16-22(30)27-28-24(34)26-21(29)10-5-11-23(31)32-14-6-9-18-7-3-2-4-8-18/h2-4,7-8,12-13,15H,5-6,9-11,14,16H2,1H3,(H,27,30)(H2,26,28,29,34). The first kappa shape index (κ1) is 27.1. The summed E-state index contributed by atoms with van der Waals surface area (Å²) < 4.78 is 10.6. The molecule has 2 aromatic carbocycles. The van der Waals surface area contributed by atoms with Gasteiger partial charge in [0.2, 0.25) is 5.91 Å². The number of benzene rings is 2. The number of thiocarbonyl (C=S) groups is 1. The summed E-state index contributed by atoms with van der Waals surface area (Å²) in [6.07, 6.45) is 2.13. The molecule has 10 heteroatoms. The number of nitrogens with one attached hydrogen (secondary N) is 3. The molecule has 3 N–H and O–H groups in total. The van der Waals surface area contributed by atoms with Crippen molar-refractivity contribution < 1.29 is 23.9 Å². The minimum absolute atomic E-state index is 0.0653. The van der Waals surface area contributed by atoms with Crippen LogP contribution >= 0.6 is 23.8 Å². The third-order valence-electron chi connectivity index (χ3n) is 4.56. The Hall–Kier alpha value is -3.17. The largest absolute Gasteiger partial charge is 0.483 e. The molecule has 8 nitrogen and oxygen atoms in total. The van der Waals surface area contributed by atoms with Gasteiger partial charge in [-0.1, -0.05) is 41.9 Å². The topological polar surface area (TPSA) is 106 Å². The smallest absolute Gasteiger partial charge is 0.305 e. The van der Waals surface area contributed by atoms with Gasteiger partial charge in [-0.2, -0.15) is 0 Å². The zero-order valence-corrected chi connectivity index (χ0v) is 20.5. The fraction of sp³-hybridized carbons (Fsp3) is 0.333. The van der Waals surface area contributed by atoms with Crippen LogP contribution in [0.4, 0.5) is 0 Å². The number of esters is 1. The van der Waals surface area contributed by atoms with Crippen LogP contribution in [-0.2, 0) is 25.5 Å². The van der Waals surface area contributed by atoms with Crippen molar-refractivity contribution in [1.82, 2.24) is 16.2 Å². The van der Waals surface area contributed by atoms with Crippen LogP contribution in [0.1, 0.15) is 36.8 Å². The van der Waals surface area contributed by atoms with Crippen LogP contribution in [0.3, 0.4) is 0 Å². The fourth-order valence-electron chi connectivity index (χ4n) is 2.87. The van der Waals surface area contributed by atoms with Crippen LogP contribution in [0.15, 0.2) is 48.5 Å². The van der Waals surface area contributed by atoms with E-state index in [0.29, 0.717) is 23.8 Å². The van der Waals surface area contributed by atoms with Gasteiger partial charge >= 0.3 is 5.97 Å². The molecular weight excluding hydrogens is 478 g/mol. The number of halogens is 1. The van der Waals surface area contributed by atoms with Gasteiger partial charge in [-0.15, -0.1) is 0 Å². The lowest BCUT2D eigenvalue weighted by molar-refractivity contribution is -0.143. The van der Waals surface area contributed by atoms with Crippen molar-refractivity contribution in [1.29, 1.82) is 0 Å². The van der Waals surface area contributed by atoms with E-state index in [9.17, 15) is 14.4 Å². The third-order valence-corrected chi connectivity index (χ3v) is 5.00. The Labute approximate surface area is 209 Å². The van der Waals surface area contributed by atoms with Crippen molar-refractivity contribution in [3.8, 4) is 5.75 Å². The number of hydrogen-bond acceptors (Lipinski definition) is 6.